The van der Waals surface area contributed by atoms with Crippen molar-refractivity contribution in [3.05, 3.63) is 64.7 Å². The molecule has 0 aliphatic carbocycles. The van der Waals surface area contributed by atoms with Crippen LogP contribution in [0.15, 0.2) is 36.7 Å². The van der Waals surface area contributed by atoms with E-state index >= 15 is 0 Å². The Bertz CT molecular complexity index is 623. The highest BCUT2D eigenvalue weighted by molar-refractivity contribution is 5.34. The fourth-order valence-corrected chi connectivity index (χ4v) is 1.90. The van der Waals surface area contributed by atoms with Crippen molar-refractivity contribution in [3.63, 3.8) is 0 Å². The lowest BCUT2D eigenvalue weighted by Gasteiger charge is -2.15. The van der Waals surface area contributed by atoms with Gasteiger partial charge in [-0.15, -0.1) is 0 Å². The van der Waals surface area contributed by atoms with Crippen LogP contribution < -0.4 is 5.73 Å². The fraction of sp³-hybridized carbons (Fsp3) is 0.214. The molecule has 0 amide bonds. The number of nitrogens with zero attached hydrogens (tertiary/aromatic N) is 1. The third kappa shape index (κ3) is 2.96. The van der Waals surface area contributed by atoms with E-state index in [1.807, 2.05) is 6.92 Å². The highest BCUT2D eigenvalue weighted by atomic mass is 19.4. The zero-order valence-electron chi connectivity index (χ0n) is 10.6. The van der Waals surface area contributed by atoms with Gasteiger partial charge < -0.3 is 5.73 Å². The molecular formula is C14H12F4N2. The summed E-state index contributed by atoms with van der Waals surface area (Å²) in [5, 5.41) is 0. The molecule has 0 radical (unpaired) electrons. The largest absolute Gasteiger partial charge is 0.419 e. The predicted molar refractivity (Wildman–Crippen MR) is 66.4 cm³/mol. The number of benzene rings is 1. The van der Waals surface area contributed by atoms with Crippen LogP contribution in [0.2, 0.25) is 0 Å². The summed E-state index contributed by atoms with van der Waals surface area (Å²) in [6.45, 7) is 1.82. The van der Waals surface area contributed by atoms with Crippen molar-refractivity contribution in [2.75, 3.05) is 0 Å². The van der Waals surface area contributed by atoms with Gasteiger partial charge in [0, 0.05) is 12.4 Å². The Labute approximate surface area is 113 Å². The summed E-state index contributed by atoms with van der Waals surface area (Å²) in [7, 11) is 0. The lowest BCUT2D eigenvalue weighted by Crippen LogP contribution is -2.14. The Hall–Kier alpha value is -1.95. The number of hydrogen-bond donors (Lipinski definition) is 1. The van der Waals surface area contributed by atoms with Gasteiger partial charge in [0.1, 0.15) is 5.82 Å². The van der Waals surface area contributed by atoms with Crippen molar-refractivity contribution in [2.45, 2.75) is 19.1 Å². The molecule has 0 spiro atoms. The molecule has 2 rings (SSSR count). The number of aromatic nitrogens is 1. The van der Waals surface area contributed by atoms with Gasteiger partial charge in [0.15, 0.2) is 0 Å². The van der Waals surface area contributed by atoms with Gasteiger partial charge in [0.25, 0.3) is 0 Å². The average molecular weight is 284 g/mol. The molecule has 106 valence electrons. The molecule has 1 aromatic heterocycles. The SMILES string of the molecule is Cc1cncc(C(N)c2ccc(C(F)(F)F)c(F)c2)c1. The van der Waals surface area contributed by atoms with Gasteiger partial charge in [0.05, 0.1) is 11.6 Å². The Morgan fingerprint density at radius 3 is 2.35 bits per heavy atom. The number of pyridine rings is 1. The fourth-order valence-electron chi connectivity index (χ4n) is 1.90. The summed E-state index contributed by atoms with van der Waals surface area (Å²) in [5.74, 6) is -1.33. The molecule has 1 heterocycles. The molecule has 2 aromatic rings. The monoisotopic (exact) mass is 284 g/mol. The molecule has 0 aliphatic rings. The summed E-state index contributed by atoms with van der Waals surface area (Å²) in [6, 6.07) is 3.73. The van der Waals surface area contributed by atoms with Crippen LogP contribution in [0.1, 0.15) is 28.3 Å². The normalized spacial score (nSPS) is 13.3. The Kier molecular flexibility index (Phi) is 3.76. The van der Waals surface area contributed by atoms with Crippen LogP contribution in [0.3, 0.4) is 0 Å². The van der Waals surface area contributed by atoms with Crippen molar-refractivity contribution in [2.24, 2.45) is 5.73 Å². The van der Waals surface area contributed by atoms with Crippen LogP contribution in [-0.4, -0.2) is 4.98 Å². The highest BCUT2D eigenvalue weighted by Crippen LogP contribution is 2.32. The topological polar surface area (TPSA) is 38.9 Å². The number of nitrogens with two attached hydrogens (primary N) is 1. The molecule has 0 fully saturated rings. The first-order chi connectivity index (χ1) is 9.29. The second-order valence-corrected chi connectivity index (χ2v) is 4.51. The van der Waals surface area contributed by atoms with Crippen LogP contribution in [0.5, 0.6) is 0 Å². The molecule has 0 saturated carbocycles. The Balaban J connectivity index is 2.37. The van der Waals surface area contributed by atoms with Crippen molar-refractivity contribution in [1.29, 1.82) is 0 Å². The predicted octanol–water partition coefficient (Wildman–Crippen LogP) is 3.60. The standard InChI is InChI=1S/C14H12F4N2/c1-8-4-10(7-20-6-8)13(19)9-2-3-11(12(15)5-9)14(16,17)18/h2-7,13H,19H2,1H3. The minimum absolute atomic E-state index is 0.267. The summed E-state index contributed by atoms with van der Waals surface area (Å²) in [6.07, 6.45) is -1.58. The maximum atomic E-state index is 13.5. The van der Waals surface area contributed by atoms with E-state index in [4.69, 9.17) is 5.73 Å². The van der Waals surface area contributed by atoms with Gasteiger partial charge in [-0.05, 0) is 35.7 Å². The van der Waals surface area contributed by atoms with Crippen LogP contribution in [-0.2, 0) is 6.18 Å². The Morgan fingerprint density at radius 2 is 1.80 bits per heavy atom. The second-order valence-electron chi connectivity index (χ2n) is 4.51. The van der Waals surface area contributed by atoms with E-state index in [2.05, 4.69) is 4.98 Å². The van der Waals surface area contributed by atoms with E-state index in [1.54, 1.807) is 12.3 Å². The second kappa shape index (κ2) is 5.20. The van der Waals surface area contributed by atoms with E-state index in [9.17, 15) is 17.6 Å². The van der Waals surface area contributed by atoms with E-state index in [-0.39, 0.29) is 5.56 Å². The molecular weight excluding hydrogens is 272 g/mol. The third-order valence-corrected chi connectivity index (χ3v) is 2.91. The first-order valence-corrected chi connectivity index (χ1v) is 5.83. The summed E-state index contributed by atoms with van der Waals surface area (Å²) >= 11 is 0. The molecule has 1 aromatic carbocycles. The molecule has 2 nitrogen and oxygen atoms in total. The van der Waals surface area contributed by atoms with Crippen molar-refractivity contribution in [1.82, 2.24) is 4.98 Å². The molecule has 6 heteroatoms. The van der Waals surface area contributed by atoms with Crippen molar-refractivity contribution < 1.29 is 17.6 Å². The van der Waals surface area contributed by atoms with E-state index < -0.39 is 23.6 Å². The molecule has 2 N–H and O–H groups in total. The van der Waals surface area contributed by atoms with Crippen LogP contribution in [0.25, 0.3) is 0 Å². The molecule has 1 atom stereocenters. The van der Waals surface area contributed by atoms with E-state index in [0.29, 0.717) is 11.6 Å². The van der Waals surface area contributed by atoms with Crippen molar-refractivity contribution in [3.8, 4) is 0 Å². The van der Waals surface area contributed by atoms with Gasteiger partial charge in [-0.25, -0.2) is 4.39 Å². The molecule has 0 bridgehead atoms. The lowest BCUT2D eigenvalue weighted by molar-refractivity contribution is -0.140. The average Bonchev–Trinajstić information content (AvgIpc) is 2.36. The molecule has 20 heavy (non-hydrogen) atoms. The smallest absolute Gasteiger partial charge is 0.320 e. The maximum absolute atomic E-state index is 13.5. The van der Waals surface area contributed by atoms with Gasteiger partial charge in [-0.2, -0.15) is 13.2 Å². The first kappa shape index (κ1) is 14.5. The molecule has 0 saturated heterocycles. The summed E-state index contributed by atoms with van der Waals surface area (Å²) in [5.41, 5.74) is 6.38. The minimum Gasteiger partial charge on any atom is -0.320 e. The number of alkyl halides is 3. The van der Waals surface area contributed by atoms with Crippen molar-refractivity contribution >= 4 is 0 Å². The number of hydrogen-bond acceptors (Lipinski definition) is 2. The van der Waals surface area contributed by atoms with E-state index in [0.717, 1.165) is 11.6 Å². The summed E-state index contributed by atoms with van der Waals surface area (Å²) in [4.78, 5) is 3.96. The zero-order valence-corrected chi connectivity index (χ0v) is 10.6. The van der Waals surface area contributed by atoms with Crippen LogP contribution >= 0.6 is 0 Å². The number of rotatable bonds is 2. The van der Waals surface area contributed by atoms with Gasteiger partial charge in [0.2, 0.25) is 0 Å². The molecule has 0 aliphatic heterocycles. The van der Waals surface area contributed by atoms with Gasteiger partial charge >= 0.3 is 6.18 Å². The number of aryl methyl sites for hydroxylation is 1. The van der Waals surface area contributed by atoms with Gasteiger partial charge in [-0.3, -0.25) is 4.98 Å². The quantitative estimate of drug-likeness (QED) is 0.856. The highest BCUT2D eigenvalue weighted by Gasteiger charge is 2.34. The van der Waals surface area contributed by atoms with E-state index in [1.165, 1.54) is 12.3 Å². The lowest BCUT2D eigenvalue weighted by atomic mass is 9.98. The Morgan fingerprint density at radius 1 is 1.10 bits per heavy atom. The third-order valence-electron chi connectivity index (χ3n) is 2.91. The minimum atomic E-state index is -4.71. The zero-order chi connectivity index (χ0) is 14.9. The van der Waals surface area contributed by atoms with Gasteiger partial charge in [-0.1, -0.05) is 12.1 Å². The van der Waals surface area contributed by atoms with Crippen LogP contribution in [0, 0.1) is 12.7 Å². The maximum Gasteiger partial charge on any atom is 0.419 e. The number of halogens is 4. The van der Waals surface area contributed by atoms with Crippen LogP contribution in [0.4, 0.5) is 17.6 Å². The first-order valence-electron chi connectivity index (χ1n) is 5.83. The summed E-state index contributed by atoms with van der Waals surface area (Å²) < 4.78 is 50.9. The molecule has 1 unspecified atom stereocenters.